The highest BCUT2D eigenvalue weighted by atomic mass is 32.1. The first-order valence-corrected chi connectivity index (χ1v) is 12.4. The zero-order chi connectivity index (χ0) is 22.8. The second-order valence-corrected chi connectivity index (χ2v) is 9.15. The number of aryl methyl sites for hydroxylation is 2. The lowest BCUT2D eigenvalue weighted by Crippen LogP contribution is -2.33. The number of nitrogens with one attached hydrogen (secondary N) is 1. The summed E-state index contributed by atoms with van der Waals surface area (Å²) in [6, 6.07) is 33.1. The molecule has 0 bridgehead atoms. The van der Waals surface area contributed by atoms with Crippen LogP contribution in [0, 0.1) is 13.8 Å². The third kappa shape index (κ3) is 5.38. The molecule has 0 atom stereocenters. The Morgan fingerprint density at radius 3 is 1.62 bits per heavy atom. The summed E-state index contributed by atoms with van der Waals surface area (Å²) in [6.07, 6.45) is 0.963. The van der Waals surface area contributed by atoms with E-state index in [0.717, 1.165) is 19.5 Å². The van der Waals surface area contributed by atoms with Crippen LogP contribution in [-0.4, -0.2) is 13.1 Å². The standard InChI is InChI=1S/C26H24S.C4H11N/c1-20-11-6-8-16-24(20)26(19-23-15-10-18-27-23,22-13-4-3-5-14-22)25-17-9-7-12-21(25)2;1-3-5-4-2/h3-18H,19H2,1-2H3;5H,3-4H2,1-2H3. The average Bonchev–Trinajstić information content (AvgIpc) is 3.33. The minimum absolute atomic E-state index is 0.206. The first-order valence-electron chi connectivity index (χ1n) is 11.5. The summed E-state index contributed by atoms with van der Waals surface area (Å²) < 4.78 is 0. The van der Waals surface area contributed by atoms with Crippen LogP contribution in [0.1, 0.15) is 46.5 Å². The zero-order valence-electron chi connectivity index (χ0n) is 19.8. The van der Waals surface area contributed by atoms with Crippen molar-refractivity contribution in [1.82, 2.24) is 5.32 Å². The third-order valence-electron chi connectivity index (χ3n) is 6.00. The molecule has 0 aliphatic heterocycles. The van der Waals surface area contributed by atoms with Gasteiger partial charge in [-0.3, -0.25) is 0 Å². The molecule has 1 nitrogen and oxygen atoms in total. The lowest BCUT2D eigenvalue weighted by atomic mass is 9.65. The maximum atomic E-state index is 3.11. The second-order valence-electron chi connectivity index (χ2n) is 8.11. The Morgan fingerprint density at radius 2 is 1.19 bits per heavy atom. The van der Waals surface area contributed by atoms with E-state index in [-0.39, 0.29) is 5.41 Å². The number of hydrogen-bond acceptors (Lipinski definition) is 2. The van der Waals surface area contributed by atoms with E-state index in [1.807, 2.05) is 11.3 Å². The number of rotatable bonds is 7. The van der Waals surface area contributed by atoms with Gasteiger partial charge in [-0.15, -0.1) is 11.3 Å². The second kappa shape index (κ2) is 11.8. The fourth-order valence-electron chi connectivity index (χ4n) is 4.50. The summed E-state index contributed by atoms with van der Waals surface area (Å²) in [5.74, 6) is 0. The molecule has 1 heterocycles. The van der Waals surface area contributed by atoms with Gasteiger partial charge >= 0.3 is 0 Å². The van der Waals surface area contributed by atoms with Crippen LogP contribution in [0.15, 0.2) is 96.4 Å². The van der Waals surface area contributed by atoms with Crippen LogP contribution >= 0.6 is 11.3 Å². The molecule has 2 heteroatoms. The Labute approximate surface area is 198 Å². The van der Waals surface area contributed by atoms with Crippen LogP contribution in [0.4, 0.5) is 0 Å². The van der Waals surface area contributed by atoms with E-state index in [0.29, 0.717) is 0 Å². The minimum Gasteiger partial charge on any atom is -0.317 e. The van der Waals surface area contributed by atoms with Gasteiger partial charge in [-0.1, -0.05) is 98.8 Å². The Balaban J connectivity index is 0.000000523. The Morgan fingerprint density at radius 1 is 0.656 bits per heavy atom. The zero-order valence-corrected chi connectivity index (χ0v) is 20.6. The van der Waals surface area contributed by atoms with Crippen molar-refractivity contribution in [2.75, 3.05) is 13.1 Å². The van der Waals surface area contributed by atoms with Crippen LogP contribution in [0.3, 0.4) is 0 Å². The van der Waals surface area contributed by atoms with Crippen LogP contribution in [-0.2, 0) is 11.8 Å². The normalized spacial score (nSPS) is 11.0. The predicted molar refractivity (Wildman–Crippen MR) is 141 cm³/mol. The van der Waals surface area contributed by atoms with Gasteiger partial charge in [-0.2, -0.15) is 0 Å². The van der Waals surface area contributed by atoms with Crippen molar-refractivity contribution in [3.63, 3.8) is 0 Å². The smallest absolute Gasteiger partial charge is 0.0504 e. The lowest BCUT2D eigenvalue weighted by molar-refractivity contribution is 0.610. The van der Waals surface area contributed by atoms with Gasteiger partial charge in [-0.25, -0.2) is 0 Å². The lowest BCUT2D eigenvalue weighted by Gasteiger charge is -2.38. The molecule has 0 saturated heterocycles. The molecular weight excluding hydrogens is 406 g/mol. The van der Waals surface area contributed by atoms with Crippen LogP contribution in [0.5, 0.6) is 0 Å². The first-order chi connectivity index (χ1) is 15.6. The maximum absolute atomic E-state index is 3.11. The van der Waals surface area contributed by atoms with Gasteiger partial charge in [0, 0.05) is 4.88 Å². The molecule has 1 N–H and O–H groups in total. The van der Waals surface area contributed by atoms with E-state index >= 15 is 0 Å². The molecule has 4 rings (SSSR count). The monoisotopic (exact) mass is 441 g/mol. The van der Waals surface area contributed by atoms with Crippen molar-refractivity contribution in [2.45, 2.75) is 39.5 Å². The molecule has 0 amide bonds. The van der Waals surface area contributed by atoms with E-state index in [9.17, 15) is 0 Å². The van der Waals surface area contributed by atoms with Crippen molar-refractivity contribution < 1.29 is 0 Å². The van der Waals surface area contributed by atoms with Crippen LogP contribution < -0.4 is 5.32 Å². The van der Waals surface area contributed by atoms with Gasteiger partial charge in [0.25, 0.3) is 0 Å². The van der Waals surface area contributed by atoms with E-state index in [1.165, 1.54) is 32.7 Å². The quantitative estimate of drug-likeness (QED) is 0.292. The van der Waals surface area contributed by atoms with Gasteiger partial charge in [0.1, 0.15) is 0 Å². The molecular formula is C30H35NS. The first kappa shape index (κ1) is 24.0. The third-order valence-corrected chi connectivity index (χ3v) is 6.87. The fraction of sp³-hybridized carbons (Fsp3) is 0.267. The van der Waals surface area contributed by atoms with Crippen molar-refractivity contribution in [3.05, 3.63) is 129 Å². The number of benzene rings is 3. The van der Waals surface area contributed by atoms with Gasteiger partial charge in [0.2, 0.25) is 0 Å². The van der Waals surface area contributed by atoms with Crippen molar-refractivity contribution in [1.29, 1.82) is 0 Å². The largest absolute Gasteiger partial charge is 0.317 e. The average molecular weight is 442 g/mol. The molecule has 166 valence electrons. The molecule has 4 aromatic rings. The van der Waals surface area contributed by atoms with Crippen molar-refractivity contribution in [3.8, 4) is 0 Å². The van der Waals surface area contributed by atoms with Gasteiger partial charge < -0.3 is 5.32 Å². The molecule has 0 unspecified atom stereocenters. The maximum Gasteiger partial charge on any atom is 0.0504 e. The molecule has 1 aromatic heterocycles. The Hall–Kier alpha value is -2.68. The summed E-state index contributed by atoms with van der Waals surface area (Å²) >= 11 is 1.85. The van der Waals surface area contributed by atoms with E-state index < -0.39 is 0 Å². The Bertz CT molecular complexity index is 1020. The van der Waals surface area contributed by atoms with Crippen LogP contribution in [0.25, 0.3) is 0 Å². The molecule has 0 aliphatic carbocycles. The number of thiophene rings is 1. The topological polar surface area (TPSA) is 12.0 Å². The van der Waals surface area contributed by atoms with Gasteiger partial charge in [0.15, 0.2) is 0 Å². The highest BCUT2D eigenvalue weighted by Crippen LogP contribution is 2.45. The molecule has 0 fully saturated rings. The summed E-state index contributed by atoms with van der Waals surface area (Å²) in [7, 11) is 0. The SMILES string of the molecule is CCNCC.Cc1ccccc1C(Cc1cccs1)(c1ccccc1)c1ccccc1C. The highest BCUT2D eigenvalue weighted by molar-refractivity contribution is 7.09. The van der Waals surface area contributed by atoms with Crippen molar-refractivity contribution >= 4 is 11.3 Å². The molecule has 3 aromatic carbocycles. The summed E-state index contributed by atoms with van der Waals surface area (Å²) in [6.45, 7) is 10.9. The van der Waals surface area contributed by atoms with E-state index in [4.69, 9.17) is 0 Å². The summed E-state index contributed by atoms with van der Waals surface area (Å²) in [5.41, 5.74) is 6.59. The van der Waals surface area contributed by atoms with E-state index in [2.05, 4.69) is 129 Å². The van der Waals surface area contributed by atoms with Crippen LogP contribution in [0.2, 0.25) is 0 Å². The van der Waals surface area contributed by atoms with Gasteiger partial charge in [-0.05, 0) is 72.6 Å². The molecule has 0 aliphatic rings. The van der Waals surface area contributed by atoms with E-state index in [1.54, 1.807) is 0 Å². The Kier molecular flexibility index (Phi) is 8.84. The van der Waals surface area contributed by atoms with Gasteiger partial charge in [0.05, 0.1) is 5.41 Å². The minimum atomic E-state index is -0.206. The molecule has 0 radical (unpaired) electrons. The summed E-state index contributed by atoms with van der Waals surface area (Å²) in [4.78, 5) is 1.41. The molecule has 0 spiro atoms. The summed E-state index contributed by atoms with van der Waals surface area (Å²) in [5, 5.41) is 5.29. The highest BCUT2D eigenvalue weighted by Gasteiger charge is 2.38. The molecule has 0 saturated carbocycles. The van der Waals surface area contributed by atoms with Crippen molar-refractivity contribution in [2.24, 2.45) is 0 Å². The fourth-order valence-corrected chi connectivity index (χ4v) is 5.29. The predicted octanol–water partition coefficient (Wildman–Crippen LogP) is 7.56. The molecule has 32 heavy (non-hydrogen) atoms. The number of hydrogen-bond donors (Lipinski definition) is 1.